The van der Waals surface area contributed by atoms with Crippen LogP contribution in [0, 0.1) is 20.8 Å². The van der Waals surface area contributed by atoms with Crippen LogP contribution in [0.4, 0.5) is 0 Å². The molecule has 1 fully saturated rings. The van der Waals surface area contributed by atoms with Crippen molar-refractivity contribution in [3.8, 4) is 0 Å². The molecule has 6 nitrogen and oxygen atoms in total. The smallest absolute Gasteiger partial charge is 0.237 e. The van der Waals surface area contributed by atoms with E-state index < -0.39 is 6.04 Å². The van der Waals surface area contributed by atoms with Gasteiger partial charge in [-0.2, -0.15) is 0 Å². The maximum Gasteiger partial charge on any atom is 0.237 e. The second-order valence-electron chi connectivity index (χ2n) is 6.93. The largest absolute Gasteiger partial charge is 0.353 e. The minimum atomic E-state index is -0.442. The minimum Gasteiger partial charge on any atom is -0.353 e. The second-order valence-corrected chi connectivity index (χ2v) is 8.21. The van der Waals surface area contributed by atoms with Crippen LogP contribution in [0.3, 0.4) is 0 Å². The molecule has 3 rings (SSSR count). The van der Waals surface area contributed by atoms with Gasteiger partial charge in [0.05, 0.1) is 29.7 Å². The lowest BCUT2D eigenvalue weighted by molar-refractivity contribution is -0.134. The molecule has 0 saturated carbocycles. The van der Waals surface area contributed by atoms with E-state index in [0.717, 1.165) is 22.1 Å². The summed E-state index contributed by atoms with van der Waals surface area (Å²) in [6.45, 7) is 8.46. The Hall–Kier alpha value is -2.25. The zero-order chi connectivity index (χ0) is 19.4. The molecule has 1 saturated heterocycles. The molecule has 2 aromatic rings. The topological polar surface area (TPSA) is 74.3 Å². The summed E-state index contributed by atoms with van der Waals surface area (Å²) in [7, 11) is 0. The highest BCUT2D eigenvalue weighted by molar-refractivity contribution is 7.11. The Balaban J connectivity index is 1.62. The van der Waals surface area contributed by atoms with Crippen LogP contribution in [-0.2, 0) is 22.7 Å². The predicted octanol–water partition coefficient (Wildman–Crippen LogP) is 2.08. The number of amides is 2. The van der Waals surface area contributed by atoms with Crippen molar-refractivity contribution in [2.75, 3.05) is 13.1 Å². The molecule has 0 bridgehead atoms. The summed E-state index contributed by atoms with van der Waals surface area (Å²) < 4.78 is 0. The first-order chi connectivity index (χ1) is 12.9. The van der Waals surface area contributed by atoms with Crippen molar-refractivity contribution in [3.63, 3.8) is 0 Å². The summed E-state index contributed by atoms with van der Waals surface area (Å²) in [4.78, 5) is 32.4. The van der Waals surface area contributed by atoms with Crippen molar-refractivity contribution in [3.05, 3.63) is 51.0 Å². The maximum absolute atomic E-state index is 12.5. The lowest BCUT2D eigenvalue weighted by Gasteiger charge is -2.35. The van der Waals surface area contributed by atoms with Gasteiger partial charge in [0.15, 0.2) is 0 Å². The molecular weight excluding hydrogens is 360 g/mol. The summed E-state index contributed by atoms with van der Waals surface area (Å²) in [6, 6.07) is 7.72. The quantitative estimate of drug-likeness (QED) is 0.797. The molecule has 1 aliphatic rings. The lowest BCUT2D eigenvalue weighted by atomic mass is 10.0. The highest BCUT2D eigenvalue weighted by atomic mass is 32.1. The first-order valence-electron chi connectivity index (χ1n) is 9.20. The van der Waals surface area contributed by atoms with E-state index in [0.29, 0.717) is 19.6 Å². The van der Waals surface area contributed by atoms with Gasteiger partial charge in [-0.05, 0) is 31.9 Å². The first-order valence-corrected chi connectivity index (χ1v) is 10.0. The van der Waals surface area contributed by atoms with Crippen molar-refractivity contribution in [1.29, 1.82) is 0 Å². The van der Waals surface area contributed by atoms with Gasteiger partial charge in [0, 0.05) is 24.5 Å². The van der Waals surface area contributed by atoms with E-state index >= 15 is 0 Å². The van der Waals surface area contributed by atoms with Crippen LogP contribution < -0.4 is 10.6 Å². The molecule has 7 heteroatoms. The molecule has 0 radical (unpaired) electrons. The monoisotopic (exact) mass is 386 g/mol. The fourth-order valence-electron chi connectivity index (χ4n) is 3.34. The number of hydrogen-bond donors (Lipinski definition) is 2. The Morgan fingerprint density at radius 1 is 1.33 bits per heavy atom. The molecule has 1 atom stereocenters. The number of benzene rings is 1. The normalized spacial score (nSPS) is 17.6. The standard InChI is InChI=1S/C20H26N4O2S/c1-13-6-4-5-7-16(13)12-24-9-8-21-20(26)17(24)10-19(25)22-11-18-14(2)23-15(3)27-18/h4-7,17H,8-12H2,1-3H3,(H,21,26)(H,22,25)/t17-/m1/s1. The zero-order valence-corrected chi connectivity index (χ0v) is 16.9. The molecule has 27 heavy (non-hydrogen) atoms. The van der Waals surface area contributed by atoms with Gasteiger partial charge in [-0.25, -0.2) is 4.98 Å². The fraction of sp³-hybridized carbons (Fsp3) is 0.450. The number of nitrogens with zero attached hydrogens (tertiary/aromatic N) is 2. The fourth-order valence-corrected chi connectivity index (χ4v) is 4.22. The van der Waals surface area contributed by atoms with Crippen molar-refractivity contribution in [2.24, 2.45) is 0 Å². The zero-order valence-electron chi connectivity index (χ0n) is 16.0. The molecule has 0 aliphatic carbocycles. The number of aryl methyl sites for hydroxylation is 3. The number of thiazole rings is 1. The Bertz CT molecular complexity index is 833. The number of hydrogen-bond acceptors (Lipinski definition) is 5. The van der Waals surface area contributed by atoms with Crippen LogP contribution in [0.2, 0.25) is 0 Å². The van der Waals surface area contributed by atoms with Crippen LogP contribution in [0.15, 0.2) is 24.3 Å². The van der Waals surface area contributed by atoms with Crippen molar-refractivity contribution < 1.29 is 9.59 Å². The van der Waals surface area contributed by atoms with Gasteiger partial charge in [0.25, 0.3) is 0 Å². The molecule has 1 aromatic heterocycles. The SMILES string of the molecule is Cc1nc(C)c(CNC(=O)C[C@@H]2C(=O)NCCN2Cc2ccccc2C)s1. The number of rotatable bonds is 6. The molecule has 2 N–H and O–H groups in total. The summed E-state index contributed by atoms with van der Waals surface area (Å²) >= 11 is 1.59. The molecular formula is C20H26N4O2S. The van der Waals surface area contributed by atoms with Crippen molar-refractivity contribution in [2.45, 2.75) is 46.3 Å². The Morgan fingerprint density at radius 3 is 2.81 bits per heavy atom. The minimum absolute atomic E-state index is 0.0743. The molecule has 2 heterocycles. The summed E-state index contributed by atoms with van der Waals surface area (Å²) in [5.41, 5.74) is 3.34. The second kappa shape index (κ2) is 8.63. The van der Waals surface area contributed by atoms with Crippen LogP contribution in [0.25, 0.3) is 0 Å². The van der Waals surface area contributed by atoms with Gasteiger partial charge < -0.3 is 10.6 Å². The Labute approximate surface area is 164 Å². The van der Waals surface area contributed by atoms with Gasteiger partial charge in [0.1, 0.15) is 0 Å². The van der Waals surface area contributed by atoms with E-state index in [-0.39, 0.29) is 18.2 Å². The molecule has 2 amide bonds. The molecule has 0 unspecified atom stereocenters. The first kappa shape index (κ1) is 19.5. The van der Waals surface area contributed by atoms with E-state index in [1.807, 2.05) is 26.0 Å². The van der Waals surface area contributed by atoms with Gasteiger partial charge in [0.2, 0.25) is 11.8 Å². The van der Waals surface area contributed by atoms with Gasteiger partial charge in [-0.15, -0.1) is 11.3 Å². The third-order valence-electron chi connectivity index (χ3n) is 4.90. The molecule has 1 aromatic carbocycles. The average Bonchev–Trinajstić information content (AvgIpc) is 2.95. The lowest BCUT2D eigenvalue weighted by Crippen LogP contribution is -2.56. The summed E-state index contributed by atoms with van der Waals surface area (Å²) in [6.07, 6.45) is 0.161. The van der Waals surface area contributed by atoms with Gasteiger partial charge in [-0.3, -0.25) is 14.5 Å². The number of carbonyl (C=O) groups excluding carboxylic acids is 2. The number of piperazine rings is 1. The average molecular weight is 387 g/mol. The maximum atomic E-state index is 12.5. The van der Waals surface area contributed by atoms with E-state index in [9.17, 15) is 9.59 Å². The van der Waals surface area contributed by atoms with E-state index in [1.165, 1.54) is 11.1 Å². The van der Waals surface area contributed by atoms with Gasteiger partial charge in [-0.1, -0.05) is 24.3 Å². The number of carbonyl (C=O) groups is 2. The van der Waals surface area contributed by atoms with Gasteiger partial charge >= 0.3 is 0 Å². The summed E-state index contributed by atoms with van der Waals surface area (Å²) in [5, 5.41) is 6.82. The van der Waals surface area contributed by atoms with E-state index in [4.69, 9.17) is 0 Å². The summed E-state index contributed by atoms with van der Waals surface area (Å²) in [5.74, 6) is -0.188. The van der Waals surface area contributed by atoms with Crippen molar-refractivity contribution in [1.82, 2.24) is 20.5 Å². The third kappa shape index (κ3) is 4.93. The molecule has 1 aliphatic heterocycles. The predicted molar refractivity (Wildman–Crippen MR) is 106 cm³/mol. The van der Waals surface area contributed by atoms with Crippen LogP contribution in [-0.4, -0.2) is 40.8 Å². The highest BCUT2D eigenvalue weighted by Gasteiger charge is 2.31. The number of aromatic nitrogens is 1. The molecule has 144 valence electrons. The van der Waals surface area contributed by atoms with Crippen LogP contribution >= 0.6 is 11.3 Å². The number of nitrogens with one attached hydrogen (secondary N) is 2. The van der Waals surface area contributed by atoms with Crippen molar-refractivity contribution >= 4 is 23.2 Å². The Kier molecular flexibility index (Phi) is 6.23. The third-order valence-corrected chi connectivity index (χ3v) is 5.97. The van der Waals surface area contributed by atoms with Crippen LogP contribution in [0.5, 0.6) is 0 Å². The Morgan fingerprint density at radius 2 is 2.11 bits per heavy atom. The highest BCUT2D eigenvalue weighted by Crippen LogP contribution is 2.18. The molecule has 0 spiro atoms. The van der Waals surface area contributed by atoms with E-state index in [2.05, 4.69) is 39.6 Å². The van der Waals surface area contributed by atoms with Crippen LogP contribution in [0.1, 0.15) is 33.1 Å². The van der Waals surface area contributed by atoms with E-state index in [1.54, 1.807) is 11.3 Å².